The van der Waals surface area contributed by atoms with Crippen molar-refractivity contribution in [2.24, 2.45) is 5.92 Å². The second-order valence-corrected chi connectivity index (χ2v) is 6.46. The Hall–Kier alpha value is -0.450. The molecule has 0 amide bonds. The fourth-order valence-electron chi connectivity index (χ4n) is 2.64. The normalized spacial score (nSPS) is 19.6. The van der Waals surface area contributed by atoms with Crippen LogP contribution < -0.4 is 5.32 Å². The number of piperidine rings is 1. The molecule has 19 heavy (non-hydrogen) atoms. The van der Waals surface area contributed by atoms with Gasteiger partial charge < -0.3 is 10.2 Å². The maximum absolute atomic E-state index is 13.6. The zero-order valence-electron chi connectivity index (χ0n) is 11.6. The lowest BCUT2D eigenvalue weighted by atomic mass is 9.90. The predicted octanol–water partition coefficient (Wildman–Crippen LogP) is 3.41. The van der Waals surface area contributed by atoms with Crippen LogP contribution in [0.3, 0.4) is 0 Å². The highest BCUT2D eigenvalue weighted by Gasteiger charge is 2.21. The molecule has 1 N–H and O–H groups in total. The number of benzene rings is 1. The van der Waals surface area contributed by atoms with E-state index in [0.717, 1.165) is 10.0 Å². The van der Waals surface area contributed by atoms with E-state index in [-0.39, 0.29) is 5.82 Å². The molecule has 1 atom stereocenters. The molecule has 1 saturated heterocycles. The van der Waals surface area contributed by atoms with Crippen molar-refractivity contribution < 1.29 is 4.39 Å². The summed E-state index contributed by atoms with van der Waals surface area (Å²) in [6.07, 6.45) is 2.46. The highest BCUT2D eigenvalue weighted by Crippen LogP contribution is 2.21. The summed E-state index contributed by atoms with van der Waals surface area (Å²) in [5.41, 5.74) is 0.731. The highest BCUT2D eigenvalue weighted by atomic mass is 79.9. The second kappa shape index (κ2) is 6.82. The lowest BCUT2D eigenvalue weighted by molar-refractivity contribution is 0.189. The number of likely N-dealkylation sites (tertiary alicyclic amines) is 1. The van der Waals surface area contributed by atoms with Crippen LogP contribution in [-0.4, -0.2) is 31.1 Å². The summed E-state index contributed by atoms with van der Waals surface area (Å²) in [6, 6.07) is 5.54. The monoisotopic (exact) mass is 328 g/mol. The molecule has 0 aliphatic carbocycles. The molecule has 1 heterocycles. The van der Waals surface area contributed by atoms with E-state index in [0.29, 0.717) is 18.5 Å². The first-order chi connectivity index (χ1) is 9.06. The van der Waals surface area contributed by atoms with Gasteiger partial charge in [-0.05, 0) is 64.0 Å². The average Bonchev–Trinajstić information content (AvgIpc) is 2.40. The van der Waals surface area contributed by atoms with Crippen LogP contribution in [0.4, 0.5) is 4.39 Å². The van der Waals surface area contributed by atoms with Crippen LogP contribution in [0.2, 0.25) is 0 Å². The summed E-state index contributed by atoms with van der Waals surface area (Å²) >= 11 is 3.39. The highest BCUT2D eigenvalue weighted by molar-refractivity contribution is 9.10. The van der Waals surface area contributed by atoms with E-state index in [4.69, 9.17) is 0 Å². The lowest BCUT2D eigenvalue weighted by Gasteiger charge is -2.33. The Balaban J connectivity index is 1.86. The minimum atomic E-state index is -0.133. The zero-order chi connectivity index (χ0) is 13.8. The first kappa shape index (κ1) is 14.9. The average molecular weight is 329 g/mol. The number of hydrogen-bond donors (Lipinski definition) is 1. The minimum Gasteiger partial charge on any atom is -0.310 e. The SMILES string of the molecule is CC(NCc1cc(Br)ccc1F)C1CCN(C)CC1. The van der Waals surface area contributed by atoms with Crippen LogP contribution in [0.25, 0.3) is 0 Å². The Bertz CT molecular complexity index is 417. The molecule has 0 radical (unpaired) electrons. The molecule has 0 aromatic heterocycles. The summed E-state index contributed by atoms with van der Waals surface area (Å²) in [4.78, 5) is 2.37. The van der Waals surface area contributed by atoms with Crippen molar-refractivity contribution in [1.82, 2.24) is 10.2 Å². The fraction of sp³-hybridized carbons (Fsp3) is 0.600. The smallest absolute Gasteiger partial charge is 0.127 e. The molecular weight excluding hydrogens is 307 g/mol. The zero-order valence-corrected chi connectivity index (χ0v) is 13.2. The van der Waals surface area contributed by atoms with Crippen molar-refractivity contribution in [3.63, 3.8) is 0 Å². The van der Waals surface area contributed by atoms with Gasteiger partial charge in [-0.15, -0.1) is 0 Å². The van der Waals surface area contributed by atoms with Gasteiger partial charge in [0.1, 0.15) is 5.82 Å². The van der Waals surface area contributed by atoms with Gasteiger partial charge in [-0.3, -0.25) is 0 Å². The van der Waals surface area contributed by atoms with Crippen molar-refractivity contribution in [2.75, 3.05) is 20.1 Å². The van der Waals surface area contributed by atoms with Gasteiger partial charge in [0.2, 0.25) is 0 Å². The standard InChI is InChI=1S/C15H22BrFN2/c1-11(12-5-7-19(2)8-6-12)18-10-13-9-14(16)3-4-15(13)17/h3-4,9,11-12,18H,5-8,10H2,1-2H3. The molecule has 0 bridgehead atoms. The first-order valence-corrected chi connectivity index (χ1v) is 7.71. The van der Waals surface area contributed by atoms with Gasteiger partial charge in [0.25, 0.3) is 0 Å². The Morgan fingerprint density at radius 1 is 1.42 bits per heavy atom. The minimum absolute atomic E-state index is 0.133. The summed E-state index contributed by atoms with van der Waals surface area (Å²) < 4.78 is 14.6. The molecule has 1 aromatic carbocycles. The summed E-state index contributed by atoms with van der Waals surface area (Å²) in [7, 11) is 2.17. The molecule has 1 aliphatic rings. The maximum Gasteiger partial charge on any atom is 0.127 e. The Morgan fingerprint density at radius 2 is 2.11 bits per heavy atom. The lowest BCUT2D eigenvalue weighted by Crippen LogP contribution is -2.40. The van der Waals surface area contributed by atoms with Gasteiger partial charge in [0.05, 0.1) is 0 Å². The van der Waals surface area contributed by atoms with Crippen LogP contribution in [-0.2, 0) is 6.54 Å². The predicted molar refractivity (Wildman–Crippen MR) is 80.6 cm³/mol. The van der Waals surface area contributed by atoms with Gasteiger partial charge in [-0.2, -0.15) is 0 Å². The maximum atomic E-state index is 13.6. The van der Waals surface area contributed by atoms with E-state index in [1.165, 1.54) is 32.0 Å². The van der Waals surface area contributed by atoms with Gasteiger partial charge in [0, 0.05) is 22.6 Å². The van der Waals surface area contributed by atoms with E-state index in [1.807, 2.05) is 6.07 Å². The molecule has 0 saturated carbocycles. The van der Waals surface area contributed by atoms with Crippen molar-refractivity contribution in [3.8, 4) is 0 Å². The van der Waals surface area contributed by atoms with Crippen molar-refractivity contribution >= 4 is 15.9 Å². The Labute approximate surface area is 123 Å². The molecule has 106 valence electrons. The third-order valence-corrected chi connectivity index (χ3v) is 4.59. The van der Waals surface area contributed by atoms with Crippen LogP contribution >= 0.6 is 15.9 Å². The van der Waals surface area contributed by atoms with Crippen LogP contribution in [0.15, 0.2) is 22.7 Å². The fourth-order valence-corrected chi connectivity index (χ4v) is 3.05. The van der Waals surface area contributed by atoms with E-state index in [2.05, 4.69) is 40.1 Å². The number of hydrogen-bond acceptors (Lipinski definition) is 2. The number of halogens is 2. The molecule has 4 heteroatoms. The summed E-state index contributed by atoms with van der Waals surface area (Å²) in [6.45, 7) is 5.15. The summed E-state index contributed by atoms with van der Waals surface area (Å²) in [5, 5.41) is 3.47. The van der Waals surface area contributed by atoms with E-state index in [9.17, 15) is 4.39 Å². The third kappa shape index (κ3) is 4.26. The van der Waals surface area contributed by atoms with E-state index in [1.54, 1.807) is 6.07 Å². The largest absolute Gasteiger partial charge is 0.310 e. The molecule has 2 nitrogen and oxygen atoms in total. The topological polar surface area (TPSA) is 15.3 Å². The second-order valence-electron chi connectivity index (χ2n) is 5.55. The van der Waals surface area contributed by atoms with Crippen LogP contribution in [0.1, 0.15) is 25.3 Å². The Morgan fingerprint density at radius 3 is 2.79 bits per heavy atom. The number of rotatable bonds is 4. The quantitative estimate of drug-likeness (QED) is 0.911. The van der Waals surface area contributed by atoms with Crippen molar-refractivity contribution in [2.45, 2.75) is 32.4 Å². The van der Waals surface area contributed by atoms with Gasteiger partial charge in [-0.25, -0.2) is 4.39 Å². The van der Waals surface area contributed by atoms with Crippen LogP contribution in [0, 0.1) is 11.7 Å². The van der Waals surface area contributed by atoms with E-state index >= 15 is 0 Å². The summed E-state index contributed by atoms with van der Waals surface area (Å²) in [5.74, 6) is 0.567. The van der Waals surface area contributed by atoms with Gasteiger partial charge in [0.15, 0.2) is 0 Å². The molecule has 0 spiro atoms. The molecular formula is C15H22BrFN2. The molecule has 1 aromatic rings. The van der Waals surface area contributed by atoms with Gasteiger partial charge in [-0.1, -0.05) is 15.9 Å². The number of nitrogens with one attached hydrogen (secondary N) is 1. The van der Waals surface area contributed by atoms with Gasteiger partial charge >= 0.3 is 0 Å². The van der Waals surface area contributed by atoms with Crippen molar-refractivity contribution in [1.29, 1.82) is 0 Å². The molecule has 1 fully saturated rings. The van der Waals surface area contributed by atoms with E-state index < -0.39 is 0 Å². The Kier molecular flexibility index (Phi) is 5.37. The van der Waals surface area contributed by atoms with Crippen molar-refractivity contribution in [3.05, 3.63) is 34.1 Å². The molecule has 1 unspecified atom stereocenters. The first-order valence-electron chi connectivity index (χ1n) is 6.92. The number of nitrogens with zero attached hydrogens (tertiary/aromatic N) is 1. The third-order valence-electron chi connectivity index (χ3n) is 4.09. The molecule has 1 aliphatic heterocycles. The van der Waals surface area contributed by atoms with Crippen LogP contribution in [0.5, 0.6) is 0 Å². The molecule has 2 rings (SSSR count).